The van der Waals surface area contributed by atoms with Crippen LogP contribution in [-0.2, 0) is 9.53 Å². The van der Waals surface area contributed by atoms with Gasteiger partial charge in [0.25, 0.3) is 11.8 Å². The van der Waals surface area contributed by atoms with E-state index in [9.17, 15) is 9.59 Å². The van der Waals surface area contributed by atoms with Crippen LogP contribution in [0.1, 0.15) is 15.9 Å². The van der Waals surface area contributed by atoms with Gasteiger partial charge in [-0.1, -0.05) is 18.2 Å². The molecule has 2 aliphatic heterocycles. The summed E-state index contributed by atoms with van der Waals surface area (Å²) < 4.78 is 10.7. The molecule has 2 heterocycles. The molecular formula is C21H20N2O4. The number of carbonyl (C=O) groups is 2. The first kappa shape index (κ1) is 17.3. The standard InChI is InChI=1S/C21H20N2O4/c1-26-16-7-8-17-18(13-16)20(24)23(15-5-3-2-4-6-15)21(25)19(17)14-22-9-11-27-12-10-22/h2-8,13-14H,9-12H2,1H3. The molecule has 1 saturated heterocycles. The molecule has 0 aliphatic carbocycles. The summed E-state index contributed by atoms with van der Waals surface area (Å²) in [6.45, 7) is 2.66. The van der Waals surface area contributed by atoms with Crippen LogP contribution in [0.3, 0.4) is 0 Å². The van der Waals surface area contributed by atoms with Crippen LogP contribution in [0, 0.1) is 0 Å². The average molecular weight is 364 g/mol. The number of morpholine rings is 1. The fraction of sp³-hybridized carbons (Fsp3) is 0.238. The maximum atomic E-state index is 13.3. The molecule has 0 aromatic heterocycles. The number of hydrogen-bond acceptors (Lipinski definition) is 5. The molecule has 2 amide bonds. The highest BCUT2D eigenvalue weighted by molar-refractivity contribution is 6.41. The Bertz CT molecular complexity index is 902. The molecule has 0 unspecified atom stereocenters. The van der Waals surface area contributed by atoms with Crippen molar-refractivity contribution in [3.8, 4) is 5.75 Å². The molecule has 1 fully saturated rings. The number of hydrogen-bond donors (Lipinski definition) is 0. The van der Waals surface area contributed by atoms with E-state index in [4.69, 9.17) is 9.47 Å². The Labute approximate surface area is 157 Å². The fourth-order valence-corrected chi connectivity index (χ4v) is 3.34. The number of amides is 2. The second-order valence-electron chi connectivity index (χ2n) is 6.38. The summed E-state index contributed by atoms with van der Waals surface area (Å²) in [4.78, 5) is 29.7. The zero-order valence-corrected chi connectivity index (χ0v) is 15.1. The third-order valence-corrected chi connectivity index (χ3v) is 4.76. The molecular weight excluding hydrogens is 344 g/mol. The molecule has 27 heavy (non-hydrogen) atoms. The number of carbonyl (C=O) groups excluding carboxylic acids is 2. The predicted octanol–water partition coefficient (Wildman–Crippen LogP) is 2.56. The molecule has 0 radical (unpaired) electrons. The lowest BCUT2D eigenvalue weighted by atomic mass is 9.93. The first-order valence-corrected chi connectivity index (χ1v) is 8.85. The zero-order chi connectivity index (χ0) is 18.8. The van der Waals surface area contributed by atoms with Gasteiger partial charge in [0.2, 0.25) is 0 Å². The van der Waals surface area contributed by atoms with Gasteiger partial charge in [-0.15, -0.1) is 0 Å². The molecule has 0 saturated carbocycles. The molecule has 0 spiro atoms. The molecule has 2 aromatic rings. The number of ether oxygens (including phenoxy) is 2. The SMILES string of the molecule is COc1ccc2c(c1)C(=O)N(c1ccccc1)C(=O)C2=CN1CCOCC1. The van der Waals surface area contributed by atoms with Crippen LogP contribution >= 0.6 is 0 Å². The van der Waals surface area contributed by atoms with Gasteiger partial charge >= 0.3 is 0 Å². The second kappa shape index (κ2) is 7.25. The summed E-state index contributed by atoms with van der Waals surface area (Å²) in [6.07, 6.45) is 1.85. The maximum Gasteiger partial charge on any atom is 0.267 e. The number of anilines is 1. The number of benzene rings is 2. The van der Waals surface area contributed by atoms with Crippen molar-refractivity contribution in [3.63, 3.8) is 0 Å². The van der Waals surface area contributed by atoms with Crippen LogP contribution in [0.15, 0.2) is 54.7 Å². The molecule has 2 aliphatic rings. The van der Waals surface area contributed by atoms with Gasteiger partial charge < -0.3 is 14.4 Å². The molecule has 138 valence electrons. The number of rotatable bonds is 3. The van der Waals surface area contributed by atoms with E-state index < -0.39 is 0 Å². The lowest BCUT2D eigenvalue weighted by Gasteiger charge is -2.31. The van der Waals surface area contributed by atoms with Gasteiger partial charge in [-0.3, -0.25) is 9.59 Å². The predicted molar refractivity (Wildman–Crippen MR) is 102 cm³/mol. The van der Waals surface area contributed by atoms with Crippen LogP contribution in [0.5, 0.6) is 5.75 Å². The fourth-order valence-electron chi connectivity index (χ4n) is 3.34. The molecule has 2 aromatic carbocycles. The van der Waals surface area contributed by atoms with Crippen molar-refractivity contribution < 1.29 is 19.1 Å². The van der Waals surface area contributed by atoms with E-state index in [-0.39, 0.29) is 11.8 Å². The Morgan fingerprint density at radius 1 is 0.963 bits per heavy atom. The van der Waals surface area contributed by atoms with Gasteiger partial charge in [0.05, 0.1) is 37.1 Å². The number of nitrogens with zero attached hydrogens (tertiary/aromatic N) is 2. The van der Waals surface area contributed by atoms with E-state index in [1.165, 1.54) is 4.90 Å². The van der Waals surface area contributed by atoms with Crippen molar-refractivity contribution in [1.82, 2.24) is 4.90 Å². The number of para-hydroxylation sites is 1. The van der Waals surface area contributed by atoms with Crippen molar-refractivity contribution in [2.45, 2.75) is 0 Å². The Balaban J connectivity index is 1.84. The summed E-state index contributed by atoms with van der Waals surface area (Å²) in [5, 5.41) is 0. The van der Waals surface area contributed by atoms with E-state index in [0.29, 0.717) is 54.4 Å². The second-order valence-corrected chi connectivity index (χ2v) is 6.38. The molecule has 0 atom stereocenters. The van der Waals surface area contributed by atoms with Crippen molar-refractivity contribution in [2.24, 2.45) is 0 Å². The molecule has 6 nitrogen and oxygen atoms in total. The van der Waals surface area contributed by atoms with Crippen molar-refractivity contribution in [3.05, 3.63) is 65.9 Å². The van der Waals surface area contributed by atoms with E-state index in [0.717, 1.165) is 0 Å². The van der Waals surface area contributed by atoms with Crippen molar-refractivity contribution in [2.75, 3.05) is 38.3 Å². The minimum absolute atomic E-state index is 0.324. The molecule has 0 N–H and O–H groups in total. The summed E-state index contributed by atoms with van der Waals surface area (Å²) in [6, 6.07) is 14.2. The van der Waals surface area contributed by atoms with Crippen LogP contribution < -0.4 is 9.64 Å². The molecule has 4 rings (SSSR count). The number of imide groups is 1. The van der Waals surface area contributed by atoms with Crippen LogP contribution in [-0.4, -0.2) is 50.1 Å². The smallest absolute Gasteiger partial charge is 0.267 e. The number of fused-ring (bicyclic) bond motifs is 1. The normalized spacial score (nSPS) is 18.6. The average Bonchev–Trinajstić information content (AvgIpc) is 2.72. The largest absolute Gasteiger partial charge is 0.497 e. The minimum atomic E-state index is -0.348. The lowest BCUT2D eigenvalue weighted by molar-refractivity contribution is -0.112. The zero-order valence-electron chi connectivity index (χ0n) is 15.1. The van der Waals surface area contributed by atoms with E-state index >= 15 is 0 Å². The van der Waals surface area contributed by atoms with Crippen molar-refractivity contribution in [1.29, 1.82) is 0 Å². The Morgan fingerprint density at radius 3 is 2.41 bits per heavy atom. The topological polar surface area (TPSA) is 59.1 Å². The van der Waals surface area contributed by atoms with Crippen molar-refractivity contribution >= 4 is 23.1 Å². The first-order chi connectivity index (χ1) is 13.2. The van der Waals surface area contributed by atoms with Gasteiger partial charge in [0.15, 0.2) is 0 Å². The maximum absolute atomic E-state index is 13.3. The number of methoxy groups -OCH3 is 1. The van der Waals surface area contributed by atoms with Gasteiger partial charge in [-0.25, -0.2) is 4.90 Å². The highest BCUT2D eigenvalue weighted by Gasteiger charge is 2.36. The van der Waals surface area contributed by atoms with Gasteiger partial charge in [-0.05, 0) is 30.3 Å². The van der Waals surface area contributed by atoms with E-state index in [1.54, 1.807) is 37.4 Å². The van der Waals surface area contributed by atoms with Gasteiger partial charge in [-0.2, -0.15) is 0 Å². The third kappa shape index (κ3) is 3.19. The lowest BCUT2D eigenvalue weighted by Crippen LogP contribution is -2.43. The Hall–Kier alpha value is -3.12. The van der Waals surface area contributed by atoms with E-state index in [1.807, 2.05) is 24.4 Å². The quantitative estimate of drug-likeness (QED) is 0.619. The highest BCUT2D eigenvalue weighted by Crippen LogP contribution is 2.34. The summed E-state index contributed by atoms with van der Waals surface area (Å²) in [5.74, 6) is -0.0928. The highest BCUT2D eigenvalue weighted by atomic mass is 16.5. The monoisotopic (exact) mass is 364 g/mol. The summed E-state index contributed by atoms with van der Waals surface area (Å²) >= 11 is 0. The third-order valence-electron chi connectivity index (χ3n) is 4.76. The Kier molecular flexibility index (Phi) is 4.64. The van der Waals surface area contributed by atoms with Gasteiger partial charge in [0, 0.05) is 24.9 Å². The Morgan fingerprint density at radius 2 is 1.70 bits per heavy atom. The van der Waals surface area contributed by atoms with Gasteiger partial charge in [0.1, 0.15) is 5.75 Å². The van der Waals surface area contributed by atoms with Crippen LogP contribution in [0.25, 0.3) is 5.57 Å². The van der Waals surface area contributed by atoms with Crippen LogP contribution in [0.4, 0.5) is 5.69 Å². The summed E-state index contributed by atoms with van der Waals surface area (Å²) in [7, 11) is 1.56. The van der Waals surface area contributed by atoms with Crippen LogP contribution in [0.2, 0.25) is 0 Å². The minimum Gasteiger partial charge on any atom is -0.497 e. The van der Waals surface area contributed by atoms with E-state index in [2.05, 4.69) is 4.90 Å². The first-order valence-electron chi connectivity index (χ1n) is 8.85. The summed E-state index contributed by atoms with van der Waals surface area (Å²) in [5.41, 5.74) is 2.13. The molecule has 6 heteroatoms. The molecule has 0 bridgehead atoms.